The summed E-state index contributed by atoms with van der Waals surface area (Å²) in [7, 11) is 5.47. The quantitative estimate of drug-likeness (QED) is 0.415. The van der Waals surface area contributed by atoms with Gasteiger partial charge in [-0.25, -0.2) is 0 Å². The summed E-state index contributed by atoms with van der Waals surface area (Å²) in [6.07, 6.45) is -1.76. The summed E-state index contributed by atoms with van der Waals surface area (Å²) < 4.78 is 5.06. The van der Waals surface area contributed by atoms with Crippen LogP contribution in [0, 0.1) is 0 Å². The van der Waals surface area contributed by atoms with Gasteiger partial charge in [-0.1, -0.05) is 0 Å². The minimum Gasteiger partial charge on any atom is -0.394 e. The first-order chi connectivity index (χ1) is 5.65. The Morgan fingerprint density at radius 1 is 1.33 bits per heavy atom. The largest absolute Gasteiger partial charge is 0.394 e. The predicted octanol–water partition coefficient (Wildman–Crippen LogP) is -1.63. The summed E-state index contributed by atoms with van der Waals surface area (Å²) in [6, 6.07) is -0.506. The van der Waals surface area contributed by atoms with E-state index in [0.29, 0.717) is 12.8 Å². The molecule has 0 aromatic carbocycles. The van der Waals surface area contributed by atoms with Crippen LogP contribution in [0.4, 0.5) is 0 Å². The average Bonchev–Trinajstić information content (AvgIpc) is 2.18. The molecule has 0 amide bonds. The van der Waals surface area contributed by atoms with Crippen LogP contribution in [-0.2, 0) is 4.74 Å². The summed E-state index contributed by atoms with van der Waals surface area (Å²) in [6.45, 7) is -0.327. The Bertz CT molecular complexity index is 143. The highest BCUT2D eigenvalue weighted by Crippen LogP contribution is 2.17. The lowest BCUT2D eigenvalue weighted by Crippen LogP contribution is -2.40. The first kappa shape index (κ1) is 9.99. The van der Waals surface area contributed by atoms with Crippen LogP contribution in [0.2, 0.25) is 0 Å². The summed E-state index contributed by atoms with van der Waals surface area (Å²) >= 11 is 0. The second-order valence-corrected chi connectivity index (χ2v) is 3.03. The molecule has 0 bridgehead atoms. The zero-order valence-corrected chi connectivity index (χ0v) is 6.76. The third-order valence-corrected chi connectivity index (χ3v) is 2.05. The molecule has 2 radical (unpaired) electrons. The predicted molar refractivity (Wildman–Crippen MR) is 42.7 cm³/mol. The Morgan fingerprint density at radius 3 is 2.58 bits per heavy atom. The Balaban J connectivity index is 2.58. The van der Waals surface area contributed by atoms with Gasteiger partial charge in [0, 0.05) is 6.00 Å². The van der Waals surface area contributed by atoms with Crippen molar-refractivity contribution in [3.63, 3.8) is 0 Å². The van der Waals surface area contributed by atoms with Gasteiger partial charge in [0.1, 0.15) is 20.1 Å². The molecule has 3 N–H and O–H groups in total. The van der Waals surface area contributed by atoms with E-state index in [2.05, 4.69) is 0 Å². The molecule has 1 heterocycles. The van der Waals surface area contributed by atoms with E-state index < -0.39 is 24.3 Å². The van der Waals surface area contributed by atoms with Gasteiger partial charge in [-0.2, -0.15) is 0 Å². The summed E-state index contributed by atoms with van der Waals surface area (Å²) in [5, 5.41) is 27.4. The van der Waals surface area contributed by atoms with Gasteiger partial charge in [-0.3, -0.25) is 0 Å². The summed E-state index contributed by atoms with van der Waals surface area (Å²) in [5.41, 5.74) is 0. The van der Waals surface area contributed by atoms with E-state index in [1.54, 1.807) is 0 Å². The van der Waals surface area contributed by atoms with E-state index in [9.17, 15) is 10.2 Å². The first-order valence-corrected chi connectivity index (χ1v) is 4.03. The molecular weight excluding hydrogens is 159 g/mol. The standard InChI is InChI=1S/C7H13BO4/c8-6-2-1-4(10)7(11)5(3-9)12-6/h4-7,9-11H,1-3H2/t4-,5+,6?,7-/m0/s1. The zero-order valence-electron chi connectivity index (χ0n) is 6.76. The molecule has 12 heavy (non-hydrogen) atoms. The summed E-state index contributed by atoms with van der Waals surface area (Å²) in [5.74, 6) is 0. The first-order valence-electron chi connectivity index (χ1n) is 4.03. The number of aliphatic hydroxyl groups is 3. The number of aliphatic hydroxyl groups excluding tert-OH is 3. The number of hydrogen-bond donors (Lipinski definition) is 3. The molecule has 4 atom stereocenters. The highest BCUT2D eigenvalue weighted by atomic mass is 16.5. The molecule has 0 aromatic heterocycles. The molecule has 1 saturated heterocycles. The Kier molecular flexibility index (Phi) is 3.52. The van der Waals surface area contributed by atoms with Crippen molar-refractivity contribution in [2.45, 2.75) is 37.2 Å². The lowest BCUT2D eigenvalue weighted by molar-refractivity contribution is -0.0959. The molecule has 0 aromatic rings. The lowest BCUT2D eigenvalue weighted by Gasteiger charge is -2.22. The van der Waals surface area contributed by atoms with E-state index in [-0.39, 0.29) is 6.61 Å². The highest BCUT2D eigenvalue weighted by molar-refractivity contribution is 6.11. The van der Waals surface area contributed by atoms with E-state index >= 15 is 0 Å². The monoisotopic (exact) mass is 172 g/mol. The van der Waals surface area contributed by atoms with Crippen LogP contribution >= 0.6 is 0 Å². The fraction of sp³-hybridized carbons (Fsp3) is 1.00. The van der Waals surface area contributed by atoms with Crippen LogP contribution in [0.15, 0.2) is 0 Å². The molecule has 1 fully saturated rings. The van der Waals surface area contributed by atoms with E-state index in [1.165, 1.54) is 0 Å². The van der Waals surface area contributed by atoms with Crippen molar-refractivity contribution in [2.24, 2.45) is 0 Å². The van der Waals surface area contributed by atoms with Crippen LogP contribution in [0.5, 0.6) is 0 Å². The minimum atomic E-state index is -1.04. The lowest BCUT2D eigenvalue weighted by atomic mass is 9.94. The van der Waals surface area contributed by atoms with Gasteiger partial charge in [0.05, 0.1) is 12.7 Å². The van der Waals surface area contributed by atoms with Crippen molar-refractivity contribution in [1.29, 1.82) is 0 Å². The van der Waals surface area contributed by atoms with Gasteiger partial charge in [-0.05, 0) is 12.8 Å². The second kappa shape index (κ2) is 4.23. The van der Waals surface area contributed by atoms with Gasteiger partial charge >= 0.3 is 0 Å². The fourth-order valence-electron chi connectivity index (χ4n) is 1.28. The molecule has 0 aliphatic carbocycles. The van der Waals surface area contributed by atoms with Crippen molar-refractivity contribution in [1.82, 2.24) is 0 Å². The molecule has 1 aliphatic heterocycles. The van der Waals surface area contributed by atoms with Crippen LogP contribution in [0.3, 0.4) is 0 Å². The normalized spacial score (nSPS) is 43.9. The van der Waals surface area contributed by atoms with Gasteiger partial charge in [0.15, 0.2) is 0 Å². The second-order valence-electron chi connectivity index (χ2n) is 3.03. The Morgan fingerprint density at radius 2 is 2.00 bits per heavy atom. The van der Waals surface area contributed by atoms with E-state index in [0.717, 1.165) is 0 Å². The third-order valence-electron chi connectivity index (χ3n) is 2.05. The zero-order chi connectivity index (χ0) is 9.14. The van der Waals surface area contributed by atoms with E-state index in [1.807, 2.05) is 0 Å². The maximum absolute atomic E-state index is 9.34. The number of hydrogen-bond acceptors (Lipinski definition) is 4. The third kappa shape index (κ3) is 2.20. The fourth-order valence-corrected chi connectivity index (χ4v) is 1.28. The minimum absolute atomic E-state index is 0.327. The van der Waals surface area contributed by atoms with Crippen LogP contribution in [0.1, 0.15) is 12.8 Å². The highest BCUT2D eigenvalue weighted by Gasteiger charge is 2.31. The smallest absolute Gasteiger partial charge is 0.109 e. The molecule has 68 valence electrons. The molecule has 0 saturated carbocycles. The van der Waals surface area contributed by atoms with Gasteiger partial charge in [-0.15, -0.1) is 0 Å². The maximum Gasteiger partial charge on any atom is 0.109 e. The van der Waals surface area contributed by atoms with Crippen LogP contribution in [0.25, 0.3) is 0 Å². The SMILES string of the molecule is [B]C1CC[C@H](O)[C@H](O)[C@@H](CO)O1. The maximum atomic E-state index is 9.34. The van der Waals surface area contributed by atoms with Crippen molar-refractivity contribution < 1.29 is 20.1 Å². The van der Waals surface area contributed by atoms with Crippen molar-refractivity contribution in [3.8, 4) is 0 Å². The number of ether oxygens (including phenoxy) is 1. The molecule has 5 heteroatoms. The van der Waals surface area contributed by atoms with Crippen LogP contribution < -0.4 is 0 Å². The summed E-state index contributed by atoms with van der Waals surface area (Å²) in [4.78, 5) is 0. The molecule has 1 rings (SSSR count). The van der Waals surface area contributed by atoms with Crippen molar-refractivity contribution in [3.05, 3.63) is 0 Å². The molecule has 1 aliphatic rings. The van der Waals surface area contributed by atoms with E-state index in [4.69, 9.17) is 17.7 Å². The van der Waals surface area contributed by atoms with Crippen LogP contribution in [-0.4, -0.2) is 54.1 Å². The average molecular weight is 172 g/mol. The molecule has 1 unspecified atom stereocenters. The van der Waals surface area contributed by atoms with Gasteiger partial charge < -0.3 is 20.1 Å². The van der Waals surface area contributed by atoms with Gasteiger partial charge in [0.25, 0.3) is 0 Å². The van der Waals surface area contributed by atoms with Crippen molar-refractivity contribution >= 4 is 7.85 Å². The Labute approximate surface area is 72.6 Å². The topological polar surface area (TPSA) is 69.9 Å². The number of rotatable bonds is 1. The Hall–Kier alpha value is -0.0951. The molecular formula is C7H13BO4. The molecule has 0 spiro atoms. The van der Waals surface area contributed by atoms with Crippen molar-refractivity contribution in [2.75, 3.05) is 6.61 Å². The molecule has 4 nitrogen and oxygen atoms in total. The van der Waals surface area contributed by atoms with Gasteiger partial charge in [0.2, 0.25) is 0 Å².